The first-order chi connectivity index (χ1) is 5.10. The standard InChI is InChI=1S/C7H21N3Si2/c1-11(2,3)9-7(8)10-12(4,5)6/h1-6H3,(H3,8,9,10). The van der Waals surface area contributed by atoms with Crippen LogP contribution in [0.3, 0.4) is 0 Å². The summed E-state index contributed by atoms with van der Waals surface area (Å²) < 4.78 is 4.45. The molecule has 12 heavy (non-hydrogen) atoms. The van der Waals surface area contributed by atoms with Crippen molar-refractivity contribution in [3.8, 4) is 0 Å². The number of guanidine groups is 1. The van der Waals surface area contributed by atoms with Gasteiger partial charge in [-0.1, -0.05) is 19.6 Å². The molecule has 3 nitrogen and oxygen atoms in total. The topological polar surface area (TPSA) is 50.4 Å². The van der Waals surface area contributed by atoms with E-state index in [1.807, 2.05) is 0 Å². The summed E-state index contributed by atoms with van der Waals surface area (Å²) in [5.74, 6) is 0.633. The van der Waals surface area contributed by atoms with Gasteiger partial charge in [0.25, 0.3) is 0 Å². The molecule has 0 bridgehead atoms. The van der Waals surface area contributed by atoms with Crippen LogP contribution in [0, 0.1) is 0 Å². The zero-order chi connectivity index (χ0) is 9.99. The maximum Gasteiger partial charge on any atom is 0.176 e. The van der Waals surface area contributed by atoms with E-state index in [0.717, 1.165) is 0 Å². The van der Waals surface area contributed by atoms with Gasteiger partial charge < -0.3 is 10.7 Å². The second-order valence-corrected chi connectivity index (χ2v) is 14.4. The molecule has 0 aliphatic carbocycles. The Kier molecular flexibility index (Phi) is 3.52. The molecule has 0 aliphatic heterocycles. The van der Waals surface area contributed by atoms with Crippen molar-refractivity contribution in [2.24, 2.45) is 10.4 Å². The van der Waals surface area contributed by atoms with Crippen molar-refractivity contribution in [1.29, 1.82) is 0 Å². The van der Waals surface area contributed by atoms with Crippen LogP contribution < -0.4 is 10.7 Å². The van der Waals surface area contributed by atoms with Gasteiger partial charge in [-0.2, -0.15) is 0 Å². The van der Waals surface area contributed by atoms with Crippen molar-refractivity contribution in [2.45, 2.75) is 39.3 Å². The number of hydrogen-bond donors (Lipinski definition) is 2. The van der Waals surface area contributed by atoms with Crippen molar-refractivity contribution < 1.29 is 0 Å². The average Bonchev–Trinajstić information content (AvgIpc) is 1.49. The molecule has 0 heterocycles. The molecule has 0 spiro atoms. The van der Waals surface area contributed by atoms with Crippen LogP contribution in [0.5, 0.6) is 0 Å². The Hall–Kier alpha value is -0.296. The van der Waals surface area contributed by atoms with Crippen molar-refractivity contribution in [1.82, 2.24) is 4.98 Å². The Bertz CT molecular complexity index is 176. The van der Waals surface area contributed by atoms with Crippen LogP contribution in [0.2, 0.25) is 39.3 Å². The van der Waals surface area contributed by atoms with Crippen molar-refractivity contribution in [3.05, 3.63) is 0 Å². The largest absolute Gasteiger partial charge is 0.384 e. The van der Waals surface area contributed by atoms with Gasteiger partial charge in [0.05, 0.1) is 0 Å². The Balaban J connectivity index is 4.23. The molecular weight excluding hydrogens is 182 g/mol. The normalized spacial score (nSPS) is 14.7. The molecule has 5 heteroatoms. The Morgan fingerprint density at radius 1 is 1.08 bits per heavy atom. The predicted octanol–water partition coefficient (Wildman–Crippen LogP) is 1.56. The first-order valence-corrected chi connectivity index (χ1v) is 11.2. The molecule has 0 aromatic carbocycles. The molecule has 0 unspecified atom stereocenters. The molecule has 3 N–H and O–H groups in total. The summed E-state index contributed by atoms with van der Waals surface area (Å²) in [5, 5.41) is 0. The Labute approximate surface area is 77.6 Å². The second kappa shape index (κ2) is 3.61. The monoisotopic (exact) mass is 203 g/mol. The summed E-state index contributed by atoms with van der Waals surface area (Å²) in [6.45, 7) is 13.1. The minimum Gasteiger partial charge on any atom is -0.384 e. The highest BCUT2D eigenvalue weighted by Crippen LogP contribution is 2.01. The zero-order valence-corrected chi connectivity index (χ0v) is 11.0. The van der Waals surface area contributed by atoms with Crippen LogP contribution in [0.1, 0.15) is 0 Å². The Morgan fingerprint density at radius 2 is 1.50 bits per heavy atom. The van der Waals surface area contributed by atoms with Crippen LogP contribution in [-0.2, 0) is 0 Å². The highest BCUT2D eigenvalue weighted by molar-refractivity contribution is 6.78. The van der Waals surface area contributed by atoms with Gasteiger partial charge in [-0.3, -0.25) is 4.66 Å². The van der Waals surface area contributed by atoms with Crippen molar-refractivity contribution in [2.75, 3.05) is 0 Å². The summed E-state index contributed by atoms with van der Waals surface area (Å²) in [5.41, 5.74) is 5.75. The third-order valence-corrected chi connectivity index (χ3v) is 2.88. The van der Waals surface area contributed by atoms with E-state index in [9.17, 15) is 0 Å². The highest BCUT2D eigenvalue weighted by Gasteiger charge is 2.16. The smallest absolute Gasteiger partial charge is 0.176 e. The maximum atomic E-state index is 5.75. The number of nitrogens with zero attached hydrogens (tertiary/aromatic N) is 1. The van der Waals surface area contributed by atoms with Crippen molar-refractivity contribution >= 4 is 22.4 Å². The average molecular weight is 203 g/mol. The summed E-state index contributed by atoms with van der Waals surface area (Å²) in [7, 11) is -2.70. The molecule has 0 amide bonds. The fraction of sp³-hybridized carbons (Fsp3) is 0.857. The fourth-order valence-corrected chi connectivity index (χ4v) is 2.49. The second-order valence-electron chi connectivity index (χ2n) is 5.04. The summed E-state index contributed by atoms with van der Waals surface area (Å²) in [4.78, 5) is 3.28. The molecule has 0 saturated heterocycles. The minimum absolute atomic E-state index is 0.633. The first kappa shape index (κ1) is 11.7. The van der Waals surface area contributed by atoms with Crippen LogP contribution in [0.15, 0.2) is 4.66 Å². The van der Waals surface area contributed by atoms with Crippen LogP contribution in [0.25, 0.3) is 0 Å². The third-order valence-electron chi connectivity index (χ3n) is 0.959. The molecule has 0 fully saturated rings. The van der Waals surface area contributed by atoms with Crippen LogP contribution >= 0.6 is 0 Å². The molecular formula is C7H21N3Si2. The molecule has 0 rings (SSSR count). The summed E-state index contributed by atoms with van der Waals surface area (Å²) >= 11 is 0. The van der Waals surface area contributed by atoms with E-state index in [1.54, 1.807) is 0 Å². The van der Waals surface area contributed by atoms with E-state index in [2.05, 4.69) is 48.9 Å². The van der Waals surface area contributed by atoms with Gasteiger partial charge in [0.2, 0.25) is 0 Å². The van der Waals surface area contributed by atoms with E-state index in [0.29, 0.717) is 5.96 Å². The lowest BCUT2D eigenvalue weighted by atomic mass is 11.1. The lowest BCUT2D eigenvalue weighted by Gasteiger charge is -2.20. The number of rotatable bonds is 2. The molecule has 0 saturated carbocycles. The summed E-state index contributed by atoms with van der Waals surface area (Å²) in [6.07, 6.45) is 0. The molecule has 0 aromatic rings. The van der Waals surface area contributed by atoms with E-state index in [1.165, 1.54) is 0 Å². The predicted molar refractivity (Wildman–Crippen MR) is 61.5 cm³/mol. The number of nitrogens with one attached hydrogen (secondary N) is 1. The summed E-state index contributed by atoms with van der Waals surface area (Å²) in [6, 6.07) is 0. The third kappa shape index (κ3) is 7.81. The Morgan fingerprint density at radius 3 is 1.75 bits per heavy atom. The van der Waals surface area contributed by atoms with Gasteiger partial charge >= 0.3 is 0 Å². The molecule has 0 atom stereocenters. The molecule has 0 radical (unpaired) electrons. The quantitative estimate of drug-likeness (QED) is 0.406. The van der Waals surface area contributed by atoms with Crippen LogP contribution in [0.4, 0.5) is 0 Å². The SMILES string of the molecule is C[Si](C)(C)N=C(N)N[Si](C)(C)C. The maximum absolute atomic E-state index is 5.75. The first-order valence-electron chi connectivity index (χ1n) is 4.24. The van der Waals surface area contributed by atoms with Crippen molar-refractivity contribution in [3.63, 3.8) is 0 Å². The molecule has 0 aliphatic rings. The number of hydrogen-bond acceptors (Lipinski definition) is 1. The van der Waals surface area contributed by atoms with Gasteiger partial charge in [0.1, 0.15) is 8.24 Å². The molecule has 72 valence electrons. The van der Waals surface area contributed by atoms with Gasteiger partial charge in [-0.15, -0.1) is 0 Å². The lowest BCUT2D eigenvalue weighted by Crippen LogP contribution is -2.50. The van der Waals surface area contributed by atoms with E-state index in [-0.39, 0.29) is 0 Å². The fourth-order valence-electron chi connectivity index (χ4n) is 0.774. The number of nitrogens with two attached hydrogens (primary N) is 1. The lowest BCUT2D eigenvalue weighted by molar-refractivity contribution is 1.27. The minimum atomic E-state index is -1.40. The van der Waals surface area contributed by atoms with E-state index < -0.39 is 16.5 Å². The van der Waals surface area contributed by atoms with Gasteiger partial charge in [0, 0.05) is 0 Å². The van der Waals surface area contributed by atoms with Crippen LogP contribution in [-0.4, -0.2) is 22.4 Å². The molecule has 0 aromatic heterocycles. The van der Waals surface area contributed by atoms with E-state index in [4.69, 9.17) is 5.73 Å². The van der Waals surface area contributed by atoms with Gasteiger partial charge in [-0.05, 0) is 19.6 Å². The zero-order valence-electron chi connectivity index (χ0n) is 9.02. The highest BCUT2D eigenvalue weighted by atomic mass is 28.3. The van der Waals surface area contributed by atoms with Gasteiger partial charge in [0.15, 0.2) is 14.2 Å². The van der Waals surface area contributed by atoms with Gasteiger partial charge in [-0.25, -0.2) is 0 Å². The van der Waals surface area contributed by atoms with E-state index >= 15 is 0 Å².